The predicted octanol–water partition coefficient (Wildman–Crippen LogP) is 4.25. The third-order valence-electron chi connectivity index (χ3n) is 2.81. The summed E-state index contributed by atoms with van der Waals surface area (Å²) in [6.45, 7) is 0. The van der Waals surface area contributed by atoms with Crippen LogP contribution in [0.2, 0.25) is 5.02 Å². The molecule has 0 fully saturated rings. The summed E-state index contributed by atoms with van der Waals surface area (Å²) in [5, 5.41) is 8.91. The van der Waals surface area contributed by atoms with Crippen LogP contribution in [0, 0.1) is 28.8 Å². The zero-order chi connectivity index (χ0) is 15.6. The molecule has 0 saturated heterocycles. The first kappa shape index (κ1) is 15.1. The normalized spacial score (nSPS) is 11.8. The second-order valence-corrected chi connectivity index (χ2v) is 4.67. The molecule has 0 N–H and O–H groups in total. The van der Waals surface area contributed by atoms with E-state index in [1.54, 1.807) is 6.07 Å². The number of rotatable bonds is 3. The van der Waals surface area contributed by atoms with Gasteiger partial charge >= 0.3 is 0 Å². The zero-order valence-electron chi connectivity index (χ0n) is 10.4. The van der Waals surface area contributed by atoms with E-state index in [9.17, 15) is 18.0 Å². The van der Waals surface area contributed by atoms with Crippen LogP contribution in [0.25, 0.3) is 0 Å². The molecule has 106 valence electrons. The molecule has 0 saturated carbocycles. The molecule has 0 heterocycles. The summed E-state index contributed by atoms with van der Waals surface area (Å²) in [6, 6.07) is 7.37. The van der Waals surface area contributed by atoms with Crippen LogP contribution in [0.3, 0.4) is 0 Å². The van der Waals surface area contributed by atoms with Crippen molar-refractivity contribution in [3.63, 3.8) is 0 Å². The lowest BCUT2D eigenvalue weighted by molar-refractivity contribution is 0.0978. The summed E-state index contributed by atoms with van der Waals surface area (Å²) < 4.78 is 39.7. The Morgan fingerprint density at radius 2 is 1.71 bits per heavy atom. The standard InChI is InChI=1S/C15H7ClF3NO/c16-13-2-1-8(5-14(13)19)15(21)12(7-20)9-3-10(17)6-11(18)4-9/h1-6,12H. The summed E-state index contributed by atoms with van der Waals surface area (Å²) in [5.41, 5.74) is -0.233. The third kappa shape index (κ3) is 3.23. The zero-order valence-corrected chi connectivity index (χ0v) is 11.2. The van der Waals surface area contributed by atoms with Crippen LogP contribution >= 0.6 is 11.6 Å². The van der Waals surface area contributed by atoms with Crippen LogP contribution in [0.1, 0.15) is 21.8 Å². The lowest BCUT2D eigenvalue weighted by Crippen LogP contribution is -2.12. The first-order chi connectivity index (χ1) is 9.92. The molecule has 0 aromatic heterocycles. The number of carbonyl (C=O) groups is 1. The highest BCUT2D eigenvalue weighted by Gasteiger charge is 2.23. The maximum atomic E-state index is 13.4. The number of ketones is 1. The van der Waals surface area contributed by atoms with Gasteiger partial charge in [-0.15, -0.1) is 0 Å². The van der Waals surface area contributed by atoms with E-state index >= 15 is 0 Å². The van der Waals surface area contributed by atoms with E-state index in [1.165, 1.54) is 12.1 Å². The highest BCUT2D eigenvalue weighted by Crippen LogP contribution is 2.24. The average molecular weight is 310 g/mol. The van der Waals surface area contributed by atoms with Gasteiger partial charge in [0.1, 0.15) is 23.4 Å². The molecule has 0 aliphatic carbocycles. The van der Waals surface area contributed by atoms with E-state index in [0.717, 1.165) is 18.2 Å². The Hall–Kier alpha value is -2.32. The largest absolute Gasteiger partial charge is 0.292 e. The van der Waals surface area contributed by atoms with Gasteiger partial charge in [-0.1, -0.05) is 11.6 Å². The fourth-order valence-electron chi connectivity index (χ4n) is 1.84. The molecule has 0 bridgehead atoms. The van der Waals surface area contributed by atoms with E-state index in [0.29, 0.717) is 6.07 Å². The average Bonchev–Trinajstić information content (AvgIpc) is 2.41. The number of hydrogen-bond acceptors (Lipinski definition) is 2. The molecule has 0 aliphatic heterocycles. The number of carbonyl (C=O) groups excluding carboxylic acids is 1. The second kappa shape index (κ2) is 5.98. The fraction of sp³-hybridized carbons (Fsp3) is 0.0667. The Bertz CT molecular complexity index is 735. The first-order valence-corrected chi connectivity index (χ1v) is 6.15. The summed E-state index contributed by atoms with van der Waals surface area (Å²) in [4.78, 5) is 12.2. The van der Waals surface area contributed by atoms with Gasteiger partial charge in [-0.2, -0.15) is 5.26 Å². The van der Waals surface area contributed by atoms with Crippen molar-refractivity contribution in [2.24, 2.45) is 0 Å². The molecule has 0 spiro atoms. The highest BCUT2D eigenvalue weighted by molar-refractivity contribution is 6.30. The van der Waals surface area contributed by atoms with Crippen LogP contribution in [-0.2, 0) is 0 Å². The van der Waals surface area contributed by atoms with Crippen LogP contribution < -0.4 is 0 Å². The first-order valence-electron chi connectivity index (χ1n) is 5.77. The minimum atomic E-state index is -1.43. The van der Waals surface area contributed by atoms with Crippen LogP contribution in [0.4, 0.5) is 13.2 Å². The second-order valence-electron chi connectivity index (χ2n) is 4.26. The van der Waals surface area contributed by atoms with Crippen LogP contribution in [0.5, 0.6) is 0 Å². The fourth-order valence-corrected chi connectivity index (χ4v) is 1.96. The Labute approximate surface area is 123 Å². The highest BCUT2D eigenvalue weighted by atomic mass is 35.5. The molecule has 2 nitrogen and oxygen atoms in total. The Morgan fingerprint density at radius 3 is 2.24 bits per heavy atom. The van der Waals surface area contributed by atoms with Crippen molar-refractivity contribution in [2.45, 2.75) is 5.92 Å². The van der Waals surface area contributed by atoms with Gasteiger partial charge in [0.25, 0.3) is 0 Å². The molecular formula is C15H7ClF3NO. The van der Waals surface area contributed by atoms with E-state index in [1.807, 2.05) is 0 Å². The van der Waals surface area contributed by atoms with Crippen LogP contribution in [-0.4, -0.2) is 5.78 Å². The lowest BCUT2D eigenvalue weighted by atomic mass is 9.91. The molecule has 0 amide bonds. The molecule has 1 unspecified atom stereocenters. The Kier molecular flexibility index (Phi) is 4.29. The summed E-state index contributed by atoms with van der Waals surface area (Å²) in [6.07, 6.45) is 0. The van der Waals surface area contributed by atoms with Crippen molar-refractivity contribution < 1.29 is 18.0 Å². The van der Waals surface area contributed by atoms with Gasteiger partial charge in [0, 0.05) is 11.6 Å². The molecule has 1 atom stereocenters. The number of Topliss-reactive ketones (excluding diaryl/α,β-unsaturated/α-hetero) is 1. The topological polar surface area (TPSA) is 40.9 Å². The van der Waals surface area contributed by atoms with Crippen molar-refractivity contribution in [1.82, 2.24) is 0 Å². The number of benzene rings is 2. The molecule has 2 aromatic rings. The quantitative estimate of drug-likeness (QED) is 0.795. The molecular weight excluding hydrogens is 303 g/mol. The van der Waals surface area contributed by atoms with Crippen LogP contribution in [0.15, 0.2) is 36.4 Å². The number of nitriles is 1. The minimum absolute atomic E-state index is 0.104. The van der Waals surface area contributed by atoms with Crippen molar-refractivity contribution in [2.75, 3.05) is 0 Å². The minimum Gasteiger partial charge on any atom is -0.292 e. The summed E-state index contributed by atoms with van der Waals surface area (Å²) >= 11 is 5.51. The smallest absolute Gasteiger partial charge is 0.184 e. The van der Waals surface area contributed by atoms with Gasteiger partial charge in [0.05, 0.1) is 11.1 Å². The van der Waals surface area contributed by atoms with E-state index in [-0.39, 0.29) is 16.1 Å². The third-order valence-corrected chi connectivity index (χ3v) is 3.12. The summed E-state index contributed by atoms with van der Waals surface area (Å²) in [7, 11) is 0. The van der Waals surface area contributed by atoms with E-state index in [4.69, 9.17) is 16.9 Å². The van der Waals surface area contributed by atoms with Gasteiger partial charge in [-0.25, -0.2) is 13.2 Å². The number of hydrogen-bond donors (Lipinski definition) is 0. The van der Waals surface area contributed by atoms with Gasteiger partial charge in [0.15, 0.2) is 5.78 Å². The predicted molar refractivity (Wildman–Crippen MR) is 70.5 cm³/mol. The van der Waals surface area contributed by atoms with Gasteiger partial charge in [-0.05, 0) is 35.9 Å². The Morgan fingerprint density at radius 1 is 1.10 bits per heavy atom. The maximum Gasteiger partial charge on any atom is 0.184 e. The van der Waals surface area contributed by atoms with Gasteiger partial charge in [0.2, 0.25) is 0 Å². The van der Waals surface area contributed by atoms with Crippen molar-refractivity contribution >= 4 is 17.4 Å². The molecule has 21 heavy (non-hydrogen) atoms. The van der Waals surface area contributed by atoms with Crippen molar-refractivity contribution in [3.8, 4) is 6.07 Å². The van der Waals surface area contributed by atoms with Crippen molar-refractivity contribution in [1.29, 1.82) is 5.26 Å². The molecule has 6 heteroatoms. The van der Waals surface area contributed by atoms with Crippen molar-refractivity contribution in [3.05, 3.63) is 70.0 Å². The van der Waals surface area contributed by atoms with Gasteiger partial charge in [-0.3, -0.25) is 4.79 Å². The number of halogens is 4. The van der Waals surface area contributed by atoms with E-state index < -0.39 is 29.2 Å². The molecule has 0 radical (unpaired) electrons. The molecule has 2 aromatic carbocycles. The molecule has 2 rings (SSSR count). The summed E-state index contributed by atoms with van der Waals surface area (Å²) in [5.74, 6) is -4.82. The maximum absolute atomic E-state index is 13.4. The SMILES string of the molecule is N#CC(C(=O)c1ccc(Cl)c(F)c1)c1cc(F)cc(F)c1. The van der Waals surface area contributed by atoms with Gasteiger partial charge < -0.3 is 0 Å². The van der Waals surface area contributed by atoms with E-state index in [2.05, 4.69) is 0 Å². The number of nitrogens with zero attached hydrogens (tertiary/aromatic N) is 1. The monoisotopic (exact) mass is 309 g/mol. The lowest BCUT2D eigenvalue weighted by Gasteiger charge is -2.09. The Balaban J connectivity index is 2.43. The molecule has 0 aliphatic rings.